The first-order valence-electron chi connectivity index (χ1n) is 9.35. The zero-order chi connectivity index (χ0) is 19.3. The van der Waals surface area contributed by atoms with Crippen LogP contribution in [0.2, 0.25) is 0 Å². The number of aromatic nitrogens is 2. The highest BCUT2D eigenvalue weighted by Crippen LogP contribution is 2.21. The molecule has 0 spiro atoms. The van der Waals surface area contributed by atoms with E-state index in [0.717, 1.165) is 43.0 Å². The molecule has 0 saturated carbocycles. The van der Waals surface area contributed by atoms with Gasteiger partial charge in [-0.15, -0.1) is 0 Å². The number of ether oxygens (including phenoxy) is 2. The van der Waals surface area contributed by atoms with Crippen LogP contribution in [0.25, 0.3) is 10.9 Å². The molecule has 1 fully saturated rings. The first-order valence-corrected chi connectivity index (χ1v) is 9.35. The van der Waals surface area contributed by atoms with Gasteiger partial charge in [0.2, 0.25) is 0 Å². The van der Waals surface area contributed by atoms with Gasteiger partial charge in [0.15, 0.2) is 5.82 Å². The third kappa shape index (κ3) is 4.11. The highest BCUT2D eigenvalue weighted by Gasteiger charge is 2.18. The molecule has 7 nitrogen and oxygen atoms in total. The Morgan fingerprint density at radius 1 is 1.11 bits per heavy atom. The number of benzene rings is 2. The Labute approximate surface area is 163 Å². The predicted molar refractivity (Wildman–Crippen MR) is 106 cm³/mol. The number of nitrogens with one attached hydrogen (secondary N) is 2. The largest absolute Gasteiger partial charge is 0.497 e. The Kier molecular flexibility index (Phi) is 5.45. The molecule has 1 saturated heterocycles. The van der Waals surface area contributed by atoms with Gasteiger partial charge in [-0.05, 0) is 36.4 Å². The van der Waals surface area contributed by atoms with E-state index in [-0.39, 0.29) is 5.91 Å². The molecule has 0 atom stereocenters. The Morgan fingerprint density at radius 3 is 2.61 bits per heavy atom. The van der Waals surface area contributed by atoms with Crippen LogP contribution in [-0.2, 0) is 11.3 Å². The summed E-state index contributed by atoms with van der Waals surface area (Å²) in [4.78, 5) is 23.5. The number of hydrogen-bond donors (Lipinski definition) is 2. The topological polar surface area (TPSA) is 77.8 Å². The summed E-state index contributed by atoms with van der Waals surface area (Å²) in [5, 5.41) is 3.78. The second-order valence-corrected chi connectivity index (χ2v) is 6.73. The lowest BCUT2D eigenvalue weighted by atomic mass is 10.2. The van der Waals surface area contributed by atoms with Crippen LogP contribution in [0.5, 0.6) is 5.75 Å². The Morgan fingerprint density at radius 2 is 1.86 bits per heavy atom. The minimum absolute atomic E-state index is 0.212. The minimum atomic E-state index is -0.212. The van der Waals surface area contributed by atoms with Gasteiger partial charge in [-0.2, -0.15) is 0 Å². The molecule has 0 bridgehead atoms. The van der Waals surface area contributed by atoms with Gasteiger partial charge in [-0.3, -0.25) is 4.79 Å². The number of carbonyl (C=O) groups excluding carboxylic acids is 1. The summed E-state index contributed by atoms with van der Waals surface area (Å²) in [6.45, 7) is 4.08. The fourth-order valence-electron chi connectivity index (χ4n) is 3.28. The van der Waals surface area contributed by atoms with Crippen LogP contribution < -0.4 is 15.0 Å². The number of morpholine rings is 1. The van der Waals surface area contributed by atoms with Crippen molar-refractivity contribution in [3.8, 4) is 5.75 Å². The Bertz CT molecular complexity index is 969. The summed E-state index contributed by atoms with van der Waals surface area (Å²) in [5.74, 6) is 1.76. The molecule has 1 amide bonds. The van der Waals surface area contributed by atoms with E-state index in [4.69, 9.17) is 14.5 Å². The molecule has 0 unspecified atom stereocenters. The maximum atomic E-state index is 12.7. The monoisotopic (exact) mass is 379 g/mol. The first-order chi connectivity index (χ1) is 13.7. The molecule has 2 heterocycles. The zero-order valence-corrected chi connectivity index (χ0v) is 15.8. The molecular weight excluding hydrogens is 356 g/mol. The lowest BCUT2D eigenvalue weighted by molar-refractivity contribution is -0.922. The van der Waals surface area contributed by atoms with Crippen molar-refractivity contribution in [2.45, 2.75) is 6.54 Å². The van der Waals surface area contributed by atoms with E-state index in [1.807, 2.05) is 24.3 Å². The van der Waals surface area contributed by atoms with Gasteiger partial charge in [0.1, 0.15) is 31.2 Å². The van der Waals surface area contributed by atoms with Crippen molar-refractivity contribution in [1.29, 1.82) is 0 Å². The van der Waals surface area contributed by atoms with Crippen molar-refractivity contribution < 1.29 is 19.2 Å². The average molecular weight is 379 g/mol. The van der Waals surface area contributed by atoms with Crippen LogP contribution in [-0.4, -0.2) is 49.3 Å². The van der Waals surface area contributed by atoms with E-state index in [9.17, 15) is 4.79 Å². The lowest BCUT2D eigenvalue weighted by Gasteiger charge is -2.23. The number of nitrogens with zero attached hydrogens (tertiary/aromatic N) is 2. The summed E-state index contributed by atoms with van der Waals surface area (Å²) in [6, 6.07) is 14.7. The Hall–Kier alpha value is -3.03. The molecule has 1 aliphatic heterocycles. The van der Waals surface area contributed by atoms with E-state index < -0.39 is 0 Å². The lowest BCUT2D eigenvalue weighted by Crippen LogP contribution is -3.12. The molecular formula is C21H23N4O3+. The molecule has 7 heteroatoms. The average Bonchev–Trinajstić information content (AvgIpc) is 2.74. The maximum Gasteiger partial charge on any atom is 0.256 e. The number of para-hydroxylation sites is 1. The van der Waals surface area contributed by atoms with E-state index in [2.05, 4.69) is 10.3 Å². The molecule has 1 aliphatic rings. The van der Waals surface area contributed by atoms with Gasteiger partial charge in [-0.1, -0.05) is 12.1 Å². The van der Waals surface area contributed by atoms with E-state index >= 15 is 0 Å². The predicted octanol–water partition coefficient (Wildman–Crippen LogP) is 1.31. The van der Waals surface area contributed by atoms with Crippen molar-refractivity contribution in [2.75, 3.05) is 38.7 Å². The number of carbonyl (C=O) groups is 1. The van der Waals surface area contributed by atoms with E-state index in [1.165, 1.54) is 4.90 Å². The van der Waals surface area contributed by atoms with Gasteiger partial charge in [0.05, 0.1) is 25.8 Å². The van der Waals surface area contributed by atoms with Crippen LogP contribution in [0, 0.1) is 0 Å². The van der Waals surface area contributed by atoms with Crippen LogP contribution in [0.4, 0.5) is 5.82 Å². The fraction of sp³-hybridized carbons (Fsp3) is 0.286. The number of fused-ring (bicyclic) bond motifs is 1. The van der Waals surface area contributed by atoms with Gasteiger partial charge < -0.3 is 19.7 Å². The molecule has 4 rings (SSSR count). The number of anilines is 1. The fourth-order valence-corrected chi connectivity index (χ4v) is 3.28. The SMILES string of the molecule is COc1ccc(C(=O)Nc2nc(C[NH+]3CCOCC3)nc3ccccc23)cc1. The normalized spacial score (nSPS) is 14.8. The maximum absolute atomic E-state index is 12.7. The molecule has 2 N–H and O–H groups in total. The Balaban J connectivity index is 1.61. The molecule has 0 aliphatic carbocycles. The number of hydrogen-bond acceptors (Lipinski definition) is 5. The standard InChI is InChI=1S/C21H22N4O3/c1-27-16-8-6-15(7-9-16)21(26)24-20-17-4-2-3-5-18(17)22-19(23-20)14-25-10-12-28-13-11-25/h2-9H,10-14H2,1H3,(H,22,23,24,26)/p+1. The molecule has 0 radical (unpaired) electrons. The summed E-state index contributed by atoms with van der Waals surface area (Å²) in [5.41, 5.74) is 1.37. The van der Waals surface area contributed by atoms with Gasteiger partial charge in [0, 0.05) is 10.9 Å². The zero-order valence-electron chi connectivity index (χ0n) is 15.8. The summed E-state index contributed by atoms with van der Waals surface area (Å²) >= 11 is 0. The molecule has 1 aromatic heterocycles. The van der Waals surface area contributed by atoms with Gasteiger partial charge in [-0.25, -0.2) is 9.97 Å². The molecule has 144 valence electrons. The van der Waals surface area contributed by atoms with Crippen molar-refractivity contribution in [1.82, 2.24) is 9.97 Å². The number of rotatable bonds is 5. The minimum Gasteiger partial charge on any atom is -0.497 e. The van der Waals surface area contributed by atoms with E-state index in [0.29, 0.717) is 23.7 Å². The van der Waals surface area contributed by atoms with Gasteiger partial charge >= 0.3 is 0 Å². The van der Waals surface area contributed by atoms with Crippen molar-refractivity contribution in [2.24, 2.45) is 0 Å². The molecule has 28 heavy (non-hydrogen) atoms. The summed E-state index contributed by atoms with van der Waals surface area (Å²) in [6.07, 6.45) is 0. The number of amides is 1. The number of methoxy groups -OCH3 is 1. The van der Waals surface area contributed by atoms with Crippen LogP contribution >= 0.6 is 0 Å². The summed E-state index contributed by atoms with van der Waals surface area (Å²) in [7, 11) is 1.60. The smallest absolute Gasteiger partial charge is 0.256 e. The van der Waals surface area contributed by atoms with Gasteiger partial charge in [0.25, 0.3) is 5.91 Å². The first kappa shape index (κ1) is 18.3. The second kappa shape index (κ2) is 8.33. The van der Waals surface area contributed by atoms with Crippen LogP contribution in [0.15, 0.2) is 48.5 Å². The second-order valence-electron chi connectivity index (χ2n) is 6.73. The third-order valence-electron chi connectivity index (χ3n) is 4.84. The summed E-state index contributed by atoms with van der Waals surface area (Å²) < 4.78 is 10.6. The van der Waals surface area contributed by atoms with Crippen molar-refractivity contribution >= 4 is 22.6 Å². The van der Waals surface area contributed by atoms with Crippen molar-refractivity contribution in [3.63, 3.8) is 0 Å². The van der Waals surface area contributed by atoms with Crippen molar-refractivity contribution in [3.05, 3.63) is 59.9 Å². The highest BCUT2D eigenvalue weighted by molar-refractivity contribution is 6.07. The quantitative estimate of drug-likeness (QED) is 0.699. The van der Waals surface area contributed by atoms with E-state index in [1.54, 1.807) is 31.4 Å². The molecule has 3 aromatic rings. The molecule has 2 aromatic carbocycles. The highest BCUT2D eigenvalue weighted by atomic mass is 16.5. The number of quaternary nitrogens is 1. The third-order valence-corrected chi connectivity index (χ3v) is 4.84. The van der Waals surface area contributed by atoms with Crippen LogP contribution in [0.3, 0.4) is 0 Å². The van der Waals surface area contributed by atoms with Crippen LogP contribution in [0.1, 0.15) is 16.2 Å².